The molecule has 1 N–H and O–H groups in total. The molecule has 0 aliphatic carbocycles. The van der Waals surface area contributed by atoms with Gasteiger partial charge in [-0.2, -0.15) is 0 Å². The van der Waals surface area contributed by atoms with Crippen LogP contribution in [0.4, 0.5) is 5.69 Å². The Morgan fingerprint density at radius 3 is 2.57 bits per heavy atom. The first-order valence-corrected chi connectivity index (χ1v) is 6.78. The van der Waals surface area contributed by atoms with Gasteiger partial charge in [0.05, 0.1) is 9.95 Å². The Hall–Kier alpha value is -2.11. The largest absolute Gasteiger partial charge is 0.455 e. The average molecular weight is 307 g/mol. The molecule has 0 aliphatic rings. The number of benzene rings is 2. The number of nitrogens with zero attached hydrogens (tertiary/aromatic N) is 1. The van der Waals surface area contributed by atoms with E-state index in [-0.39, 0.29) is 16.8 Å². The van der Waals surface area contributed by atoms with Crippen molar-refractivity contribution in [3.8, 4) is 11.5 Å². The van der Waals surface area contributed by atoms with Crippen LogP contribution >= 0.6 is 11.6 Å². The zero-order chi connectivity index (χ0) is 15.4. The van der Waals surface area contributed by atoms with Crippen molar-refractivity contribution >= 4 is 17.3 Å². The molecule has 2 rings (SSSR count). The van der Waals surface area contributed by atoms with Crippen LogP contribution in [-0.2, 0) is 0 Å². The van der Waals surface area contributed by atoms with Crippen molar-refractivity contribution in [2.24, 2.45) is 0 Å². The summed E-state index contributed by atoms with van der Waals surface area (Å²) in [5.74, 6) is 1.05. The van der Waals surface area contributed by atoms with Gasteiger partial charge in [-0.25, -0.2) is 0 Å². The highest BCUT2D eigenvalue weighted by molar-refractivity contribution is 6.32. The summed E-state index contributed by atoms with van der Waals surface area (Å²) in [6, 6.07) is 11.8. The Balaban J connectivity index is 2.33. The molecule has 21 heavy (non-hydrogen) atoms. The zero-order valence-corrected chi connectivity index (χ0v) is 12.4. The molecule has 0 saturated heterocycles. The second-order valence-electron chi connectivity index (χ2n) is 4.52. The average Bonchev–Trinajstić information content (AvgIpc) is 2.49. The third-order valence-electron chi connectivity index (χ3n) is 3.16. The maximum atomic E-state index is 10.7. The van der Waals surface area contributed by atoms with Gasteiger partial charge in [0.1, 0.15) is 11.5 Å². The number of hydrogen-bond donors (Lipinski definition) is 1. The van der Waals surface area contributed by atoms with Crippen LogP contribution in [0.3, 0.4) is 0 Å². The molecule has 0 aromatic heterocycles. The van der Waals surface area contributed by atoms with Crippen LogP contribution < -0.4 is 10.1 Å². The van der Waals surface area contributed by atoms with Crippen molar-refractivity contribution in [2.45, 2.75) is 13.0 Å². The number of non-ortho nitro benzene ring substituents is 1. The van der Waals surface area contributed by atoms with Crippen molar-refractivity contribution in [1.82, 2.24) is 5.32 Å². The molecule has 0 fully saturated rings. The van der Waals surface area contributed by atoms with Gasteiger partial charge in [0, 0.05) is 23.7 Å². The van der Waals surface area contributed by atoms with Crippen molar-refractivity contribution in [3.63, 3.8) is 0 Å². The maximum Gasteiger partial charge on any atom is 0.271 e. The fourth-order valence-electron chi connectivity index (χ4n) is 1.89. The monoisotopic (exact) mass is 306 g/mol. The van der Waals surface area contributed by atoms with Crippen LogP contribution in [0, 0.1) is 10.1 Å². The first-order chi connectivity index (χ1) is 10.0. The van der Waals surface area contributed by atoms with E-state index in [1.54, 1.807) is 0 Å². The molecule has 5 nitrogen and oxygen atoms in total. The summed E-state index contributed by atoms with van der Waals surface area (Å²) < 4.78 is 5.80. The number of halogens is 1. The van der Waals surface area contributed by atoms with Crippen LogP contribution in [0.5, 0.6) is 11.5 Å². The molecule has 6 heteroatoms. The first-order valence-electron chi connectivity index (χ1n) is 6.41. The number of rotatable bonds is 5. The lowest BCUT2D eigenvalue weighted by Crippen LogP contribution is -2.13. The van der Waals surface area contributed by atoms with Gasteiger partial charge in [-0.3, -0.25) is 10.1 Å². The SMILES string of the molecule is CNC(C)c1ccccc1Oc1ccc([N+](=O)[O-])cc1Cl. The minimum Gasteiger partial charge on any atom is -0.455 e. The predicted octanol–water partition coefficient (Wildman–Crippen LogP) is 4.32. The molecule has 2 aromatic carbocycles. The van der Waals surface area contributed by atoms with E-state index in [1.807, 2.05) is 38.2 Å². The fraction of sp³-hybridized carbons (Fsp3) is 0.200. The second kappa shape index (κ2) is 6.56. The number of ether oxygens (including phenoxy) is 1. The van der Waals surface area contributed by atoms with Gasteiger partial charge in [-0.05, 0) is 26.1 Å². The van der Waals surface area contributed by atoms with Crippen LogP contribution in [0.1, 0.15) is 18.5 Å². The molecule has 0 bridgehead atoms. The normalized spacial score (nSPS) is 12.0. The summed E-state index contributed by atoms with van der Waals surface area (Å²) >= 11 is 6.04. The quantitative estimate of drug-likeness (QED) is 0.660. The van der Waals surface area contributed by atoms with E-state index in [4.69, 9.17) is 16.3 Å². The van der Waals surface area contributed by atoms with Crippen LogP contribution in [0.25, 0.3) is 0 Å². The van der Waals surface area contributed by atoms with Crippen molar-refractivity contribution in [2.75, 3.05) is 7.05 Å². The lowest BCUT2D eigenvalue weighted by atomic mass is 10.1. The van der Waals surface area contributed by atoms with Crippen molar-refractivity contribution < 1.29 is 9.66 Å². The highest BCUT2D eigenvalue weighted by Crippen LogP contribution is 2.35. The molecule has 2 aromatic rings. The maximum absolute atomic E-state index is 10.7. The summed E-state index contributed by atoms with van der Waals surface area (Å²) in [5, 5.41) is 14.1. The molecule has 1 unspecified atom stereocenters. The van der Waals surface area contributed by atoms with Gasteiger partial charge in [-0.1, -0.05) is 29.8 Å². The Morgan fingerprint density at radius 1 is 1.24 bits per heavy atom. The van der Waals surface area contributed by atoms with E-state index in [1.165, 1.54) is 18.2 Å². The number of nitro groups is 1. The molecule has 0 spiro atoms. The topological polar surface area (TPSA) is 64.4 Å². The van der Waals surface area contributed by atoms with E-state index < -0.39 is 4.92 Å². The lowest BCUT2D eigenvalue weighted by Gasteiger charge is -2.16. The Labute approximate surface area is 127 Å². The minimum atomic E-state index is -0.493. The summed E-state index contributed by atoms with van der Waals surface area (Å²) in [4.78, 5) is 10.2. The smallest absolute Gasteiger partial charge is 0.271 e. The van der Waals surface area contributed by atoms with Crippen LogP contribution in [-0.4, -0.2) is 12.0 Å². The van der Waals surface area contributed by atoms with Gasteiger partial charge < -0.3 is 10.1 Å². The molecule has 0 radical (unpaired) electrons. The molecular formula is C15H15ClN2O3. The molecule has 0 aliphatic heterocycles. The summed E-state index contributed by atoms with van der Waals surface area (Å²) in [6.07, 6.45) is 0. The third-order valence-corrected chi connectivity index (χ3v) is 3.46. The Kier molecular flexibility index (Phi) is 4.77. The minimum absolute atomic E-state index is 0.0655. The van der Waals surface area contributed by atoms with E-state index in [0.29, 0.717) is 11.5 Å². The first kappa shape index (κ1) is 15.3. The van der Waals surface area contributed by atoms with Gasteiger partial charge >= 0.3 is 0 Å². The number of nitro benzene ring substituents is 1. The van der Waals surface area contributed by atoms with E-state index >= 15 is 0 Å². The van der Waals surface area contributed by atoms with Crippen LogP contribution in [0.15, 0.2) is 42.5 Å². The molecule has 110 valence electrons. The summed E-state index contributed by atoms with van der Waals surface area (Å²) in [7, 11) is 1.86. The van der Waals surface area contributed by atoms with Crippen molar-refractivity contribution in [3.05, 3.63) is 63.2 Å². The molecule has 0 heterocycles. The van der Waals surface area contributed by atoms with E-state index in [9.17, 15) is 10.1 Å². The number of hydrogen-bond acceptors (Lipinski definition) is 4. The predicted molar refractivity (Wildman–Crippen MR) is 82.1 cm³/mol. The lowest BCUT2D eigenvalue weighted by molar-refractivity contribution is -0.384. The molecular weight excluding hydrogens is 292 g/mol. The van der Waals surface area contributed by atoms with Gasteiger partial charge in [0.15, 0.2) is 0 Å². The van der Waals surface area contributed by atoms with E-state index in [0.717, 1.165) is 5.56 Å². The third kappa shape index (κ3) is 3.51. The number of para-hydroxylation sites is 1. The highest BCUT2D eigenvalue weighted by atomic mass is 35.5. The molecule has 0 saturated carbocycles. The zero-order valence-electron chi connectivity index (χ0n) is 11.7. The van der Waals surface area contributed by atoms with Gasteiger partial charge in [0.2, 0.25) is 0 Å². The summed E-state index contributed by atoms with van der Waals surface area (Å²) in [6.45, 7) is 2.01. The Bertz CT molecular complexity index is 661. The van der Waals surface area contributed by atoms with Crippen LogP contribution in [0.2, 0.25) is 5.02 Å². The second-order valence-corrected chi connectivity index (χ2v) is 4.93. The molecule has 1 atom stereocenters. The standard InChI is InChI=1S/C15H15ClN2O3/c1-10(17-2)12-5-3-4-6-14(12)21-15-8-7-11(18(19)20)9-13(15)16/h3-10,17H,1-2H3. The Morgan fingerprint density at radius 2 is 1.95 bits per heavy atom. The summed E-state index contributed by atoms with van der Waals surface area (Å²) in [5.41, 5.74) is 0.915. The van der Waals surface area contributed by atoms with Gasteiger partial charge in [-0.15, -0.1) is 0 Å². The fourth-order valence-corrected chi connectivity index (χ4v) is 2.10. The molecule has 0 amide bonds. The highest BCUT2D eigenvalue weighted by Gasteiger charge is 2.14. The van der Waals surface area contributed by atoms with E-state index in [2.05, 4.69) is 5.32 Å². The van der Waals surface area contributed by atoms with Gasteiger partial charge in [0.25, 0.3) is 5.69 Å². The van der Waals surface area contributed by atoms with Crippen molar-refractivity contribution in [1.29, 1.82) is 0 Å². The number of nitrogens with one attached hydrogen (secondary N) is 1.